The molecule has 0 nitrogen and oxygen atoms in total. The maximum Gasteiger partial charge on any atom is 0.00834 e. The molecule has 0 heteroatoms. The summed E-state index contributed by atoms with van der Waals surface area (Å²) in [6, 6.07) is 0. The lowest BCUT2D eigenvalue weighted by molar-refractivity contribution is 0.632. The Bertz CT molecular complexity index is 163. The molecular formula is C12H19. The van der Waals surface area contributed by atoms with Crippen LogP contribution < -0.4 is 0 Å². The Balaban J connectivity index is 1.89. The van der Waals surface area contributed by atoms with E-state index >= 15 is 0 Å². The van der Waals surface area contributed by atoms with Crippen molar-refractivity contribution in [3.8, 4) is 0 Å². The molecule has 0 heterocycles. The number of hydrogen-bond donors (Lipinski definition) is 0. The minimum atomic E-state index is 1.27. The van der Waals surface area contributed by atoms with Gasteiger partial charge in [-0.2, -0.15) is 0 Å². The van der Waals surface area contributed by atoms with Gasteiger partial charge in [-0.15, -0.1) is 0 Å². The average molecular weight is 163 g/mol. The first-order valence-electron chi connectivity index (χ1n) is 5.14. The summed E-state index contributed by atoms with van der Waals surface area (Å²) in [7, 11) is 0. The van der Waals surface area contributed by atoms with E-state index in [1.165, 1.54) is 44.1 Å². The standard InChI is InChI=1S/C12H19/c1-2-3-4-5-6-9-12-10-7-8-11-12/h7-8,10-11H,2-6,9H2,1H3. The normalized spacial score (nSPS) is 15.2. The van der Waals surface area contributed by atoms with Crippen LogP contribution in [0, 0.1) is 6.42 Å². The monoisotopic (exact) mass is 163 g/mol. The molecule has 0 fully saturated rings. The van der Waals surface area contributed by atoms with Crippen LogP contribution in [0.2, 0.25) is 0 Å². The van der Waals surface area contributed by atoms with Crippen LogP contribution in [-0.2, 0) is 0 Å². The van der Waals surface area contributed by atoms with Gasteiger partial charge in [-0.1, -0.05) is 56.4 Å². The Morgan fingerprint density at radius 2 is 1.83 bits per heavy atom. The third-order valence-corrected chi connectivity index (χ3v) is 2.30. The predicted molar refractivity (Wildman–Crippen MR) is 54.9 cm³/mol. The summed E-state index contributed by atoms with van der Waals surface area (Å²) in [5.74, 6) is 0. The molecule has 0 saturated heterocycles. The Labute approximate surface area is 76.4 Å². The van der Waals surface area contributed by atoms with Crippen LogP contribution in [0.1, 0.15) is 45.4 Å². The Kier molecular flexibility index (Phi) is 4.82. The van der Waals surface area contributed by atoms with E-state index in [1.54, 1.807) is 0 Å². The van der Waals surface area contributed by atoms with Gasteiger partial charge in [0.1, 0.15) is 0 Å². The summed E-state index contributed by atoms with van der Waals surface area (Å²) < 4.78 is 0. The molecule has 0 aromatic rings. The van der Waals surface area contributed by atoms with Gasteiger partial charge in [0.2, 0.25) is 0 Å². The van der Waals surface area contributed by atoms with Gasteiger partial charge >= 0.3 is 0 Å². The maximum atomic E-state index is 2.26. The number of unbranched alkanes of at least 4 members (excludes halogenated alkanes) is 4. The van der Waals surface area contributed by atoms with E-state index in [4.69, 9.17) is 0 Å². The fraction of sp³-hybridized carbons (Fsp3) is 0.583. The van der Waals surface area contributed by atoms with Crippen LogP contribution in [0.3, 0.4) is 0 Å². The molecule has 1 rings (SSSR count). The smallest absolute Gasteiger partial charge is 0.00834 e. The zero-order valence-electron chi connectivity index (χ0n) is 8.05. The SMILES string of the molecule is CCCCCCCC1=CC=C[CH]1. The van der Waals surface area contributed by atoms with Crippen molar-refractivity contribution in [2.45, 2.75) is 45.4 Å². The van der Waals surface area contributed by atoms with Crippen molar-refractivity contribution in [3.05, 3.63) is 30.2 Å². The predicted octanol–water partition coefficient (Wildman–Crippen LogP) is 4.05. The van der Waals surface area contributed by atoms with E-state index in [2.05, 4.69) is 31.6 Å². The molecule has 67 valence electrons. The molecule has 12 heavy (non-hydrogen) atoms. The maximum absolute atomic E-state index is 2.26. The topological polar surface area (TPSA) is 0 Å². The molecule has 0 bridgehead atoms. The van der Waals surface area contributed by atoms with E-state index in [1.807, 2.05) is 0 Å². The fourth-order valence-corrected chi connectivity index (χ4v) is 1.51. The van der Waals surface area contributed by atoms with Crippen LogP contribution in [0.15, 0.2) is 23.8 Å². The van der Waals surface area contributed by atoms with Crippen molar-refractivity contribution >= 4 is 0 Å². The molecule has 0 atom stereocenters. The van der Waals surface area contributed by atoms with Gasteiger partial charge in [-0.05, 0) is 12.8 Å². The zero-order valence-corrected chi connectivity index (χ0v) is 8.05. The van der Waals surface area contributed by atoms with Gasteiger partial charge in [0.15, 0.2) is 0 Å². The van der Waals surface area contributed by atoms with Crippen molar-refractivity contribution < 1.29 is 0 Å². The highest BCUT2D eigenvalue weighted by molar-refractivity contribution is 5.33. The van der Waals surface area contributed by atoms with Crippen molar-refractivity contribution in [2.24, 2.45) is 0 Å². The lowest BCUT2D eigenvalue weighted by Crippen LogP contribution is -1.81. The van der Waals surface area contributed by atoms with Crippen LogP contribution in [0.4, 0.5) is 0 Å². The van der Waals surface area contributed by atoms with Gasteiger partial charge in [0, 0.05) is 6.42 Å². The van der Waals surface area contributed by atoms with Crippen LogP contribution in [-0.4, -0.2) is 0 Å². The molecule has 0 unspecified atom stereocenters. The van der Waals surface area contributed by atoms with Crippen molar-refractivity contribution in [2.75, 3.05) is 0 Å². The Hall–Kier alpha value is -0.520. The quantitative estimate of drug-likeness (QED) is 0.518. The van der Waals surface area contributed by atoms with Crippen LogP contribution >= 0.6 is 0 Å². The first kappa shape index (κ1) is 9.57. The van der Waals surface area contributed by atoms with E-state index in [9.17, 15) is 0 Å². The molecule has 1 radical (unpaired) electrons. The molecule has 0 spiro atoms. The van der Waals surface area contributed by atoms with Crippen LogP contribution in [0.5, 0.6) is 0 Å². The van der Waals surface area contributed by atoms with E-state index in [0.29, 0.717) is 0 Å². The minimum Gasteiger partial charge on any atom is -0.0764 e. The van der Waals surface area contributed by atoms with Crippen molar-refractivity contribution in [1.29, 1.82) is 0 Å². The van der Waals surface area contributed by atoms with Crippen LogP contribution in [0.25, 0.3) is 0 Å². The lowest BCUT2D eigenvalue weighted by atomic mass is 10.1. The highest BCUT2D eigenvalue weighted by Gasteiger charge is 1.98. The summed E-state index contributed by atoms with van der Waals surface area (Å²) in [5.41, 5.74) is 1.51. The number of rotatable bonds is 6. The summed E-state index contributed by atoms with van der Waals surface area (Å²) in [5, 5.41) is 0. The van der Waals surface area contributed by atoms with E-state index < -0.39 is 0 Å². The van der Waals surface area contributed by atoms with Gasteiger partial charge in [-0.25, -0.2) is 0 Å². The second kappa shape index (κ2) is 6.05. The summed E-state index contributed by atoms with van der Waals surface area (Å²) in [4.78, 5) is 0. The molecule has 1 aliphatic carbocycles. The van der Waals surface area contributed by atoms with E-state index in [0.717, 1.165) is 0 Å². The molecule has 0 aromatic carbocycles. The Morgan fingerprint density at radius 3 is 2.50 bits per heavy atom. The minimum absolute atomic E-state index is 1.27. The third-order valence-electron chi connectivity index (χ3n) is 2.30. The molecule has 0 saturated carbocycles. The van der Waals surface area contributed by atoms with E-state index in [-0.39, 0.29) is 0 Å². The average Bonchev–Trinajstić information content (AvgIpc) is 2.57. The molecular weight excluding hydrogens is 144 g/mol. The lowest BCUT2D eigenvalue weighted by Gasteiger charge is -2.00. The first-order valence-corrected chi connectivity index (χ1v) is 5.14. The van der Waals surface area contributed by atoms with Gasteiger partial charge in [0.05, 0.1) is 0 Å². The second-order valence-electron chi connectivity index (χ2n) is 3.46. The number of hydrogen-bond acceptors (Lipinski definition) is 0. The highest BCUT2D eigenvalue weighted by atomic mass is 14.0. The molecule has 0 N–H and O–H groups in total. The molecule has 1 aliphatic rings. The van der Waals surface area contributed by atoms with Gasteiger partial charge in [-0.3, -0.25) is 0 Å². The molecule has 0 aliphatic heterocycles. The first-order chi connectivity index (χ1) is 5.93. The number of allylic oxidation sites excluding steroid dienone is 4. The third kappa shape index (κ3) is 3.75. The fourth-order valence-electron chi connectivity index (χ4n) is 1.51. The summed E-state index contributed by atoms with van der Waals surface area (Å²) in [6.07, 6.45) is 16.9. The second-order valence-corrected chi connectivity index (χ2v) is 3.46. The Morgan fingerprint density at radius 1 is 1.00 bits per heavy atom. The molecule has 0 aromatic heterocycles. The largest absolute Gasteiger partial charge is 0.0764 e. The van der Waals surface area contributed by atoms with Gasteiger partial charge < -0.3 is 0 Å². The van der Waals surface area contributed by atoms with Gasteiger partial charge in [0.25, 0.3) is 0 Å². The zero-order chi connectivity index (χ0) is 8.65. The highest BCUT2D eigenvalue weighted by Crippen LogP contribution is 2.17. The van der Waals surface area contributed by atoms with Crippen molar-refractivity contribution in [3.63, 3.8) is 0 Å². The summed E-state index contributed by atoms with van der Waals surface area (Å²) >= 11 is 0. The molecule has 0 amide bonds. The van der Waals surface area contributed by atoms with Crippen molar-refractivity contribution in [1.82, 2.24) is 0 Å². The summed E-state index contributed by atoms with van der Waals surface area (Å²) in [6.45, 7) is 2.26.